The maximum atomic E-state index is 12.1. The second-order valence-corrected chi connectivity index (χ2v) is 5.15. The van der Waals surface area contributed by atoms with Crippen LogP contribution in [0.1, 0.15) is 21.5 Å². The van der Waals surface area contributed by atoms with Crippen molar-refractivity contribution in [1.29, 1.82) is 0 Å². The summed E-state index contributed by atoms with van der Waals surface area (Å²) in [6, 6.07) is 9.46. The van der Waals surface area contributed by atoms with Gasteiger partial charge in [-0.1, -0.05) is 18.2 Å². The smallest absolute Gasteiger partial charge is 0.293 e. The van der Waals surface area contributed by atoms with Gasteiger partial charge in [-0.25, -0.2) is 0 Å². The average molecular weight is 328 g/mol. The number of ether oxygens (including phenoxy) is 1. The number of nitro benzene ring substituents is 1. The van der Waals surface area contributed by atoms with Crippen LogP contribution in [0, 0.1) is 24.0 Å². The molecule has 2 rings (SSSR count). The third-order valence-corrected chi connectivity index (χ3v) is 3.58. The Morgan fingerprint density at radius 1 is 1.25 bits per heavy atom. The fraction of sp³-hybridized carbons (Fsp3) is 0.176. The minimum atomic E-state index is -0.551. The molecule has 2 aromatic rings. The lowest BCUT2D eigenvalue weighted by atomic mass is 10.1. The second-order valence-electron chi connectivity index (χ2n) is 5.15. The molecule has 0 saturated heterocycles. The van der Waals surface area contributed by atoms with Crippen molar-refractivity contribution in [3.63, 3.8) is 0 Å². The van der Waals surface area contributed by atoms with E-state index >= 15 is 0 Å². The van der Waals surface area contributed by atoms with Gasteiger partial charge in [0.05, 0.1) is 10.5 Å². The van der Waals surface area contributed by atoms with Crippen LogP contribution in [-0.2, 0) is 4.79 Å². The van der Waals surface area contributed by atoms with Crippen molar-refractivity contribution in [3.05, 3.63) is 63.2 Å². The minimum absolute atomic E-state index is 0.150. The Morgan fingerprint density at radius 3 is 2.62 bits per heavy atom. The summed E-state index contributed by atoms with van der Waals surface area (Å²) in [6.45, 7) is 3.13. The van der Waals surface area contributed by atoms with Gasteiger partial charge >= 0.3 is 0 Å². The molecule has 0 bridgehead atoms. The number of nitro groups is 1. The molecule has 0 atom stereocenters. The van der Waals surface area contributed by atoms with Crippen LogP contribution in [-0.4, -0.2) is 23.7 Å². The Balaban J connectivity index is 2.14. The maximum Gasteiger partial charge on any atom is 0.293 e. The molecule has 2 aromatic carbocycles. The Labute approximate surface area is 138 Å². The minimum Gasteiger partial charge on any atom is -0.483 e. The highest BCUT2D eigenvalue weighted by molar-refractivity contribution is 5.95. The van der Waals surface area contributed by atoms with Crippen LogP contribution < -0.4 is 10.1 Å². The molecular weight excluding hydrogens is 312 g/mol. The van der Waals surface area contributed by atoms with Crippen LogP contribution in [0.25, 0.3) is 0 Å². The highest BCUT2D eigenvalue weighted by atomic mass is 16.6. The SMILES string of the molecule is Cc1ccc([N+](=O)[O-])c(NC(=O)COc2ccccc2C=O)c1C. The lowest BCUT2D eigenvalue weighted by Crippen LogP contribution is -2.21. The van der Waals surface area contributed by atoms with E-state index in [2.05, 4.69) is 5.32 Å². The fourth-order valence-corrected chi connectivity index (χ4v) is 2.14. The summed E-state index contributed by atoms with van der Waals surface area (Å²) >= 11 is 0. The maximum absolute atomic E-state index is 12.1. The first kappa shape index (κ1) is 17.1. The van der Waals surface area contributed by atoms with Crippen molar-refractivity contribution in [2.45, 2.75) is 13.8 Å². The van der Waals surface area contributed by atoms with Crippen molar-refractivity contribution in [3.8, 4) is 5.75 Å². The van der Waals surface area contributed by atoms with Crippen LogP contribution in [0.4, 0.5) is 11.4 Å². The number of hydrogen-bond acceptors (Lipinski definition) is 5. The summed E-state index contributed by atoms with van der Waals surface area (Å²) in [6.07, 6.45) is 0.628. The highest BCUT2D eigenvalue weighted by Gasteiger charge is 2.19. The first-order chi connectivity index (χ1) is 11.4. The van der Waals surface area contributed by atoms with Gasteiger partial charge in [-0.15, -0.1) is 0 Å². The van der Waals surface area contributed by atoms with E-state index in [-0.39, 0.29) is 23.7 Å². The first-order valence-corrected chi connectivity index (χ1v) is 7.15. The molecule has 24 heavy (non-hydrogen) atoms. The van der Waals surface area contributed by atoms with Crippen molar-refractivity contribution in [2.24, 2.45) is 0 Å². The molecule has 0 unspecified atom stereocenters. The van der Waals surface area contributed by atoms with E-state index in [4.69, 9.17) is 4.74 Å². The van der Waals surface area contributed by atoms with Gasteiger partial charge in [0.2, 0.25) is 0 Å². The van der Waals surface area contributed by atoms with Gasteiger partial charge in [0.1, 0.15) is 11.4 Å². The lowest BCUT2D eigenvalue weighted by molar-refractivity contribution is -0.384. The number of para-hydroxylation sites is 1. The molecule has 1 amide bonds. The van der Waals surface area contributed by atoms with Gasteiger partial charge in [-0.05, 0) is 37.1 Å². The first-order valence-electron chi connectivity index (χ1n) is 7.15. The quantitative estimate of drug-likeness (QED) is 0.499. The van der Waals surface area contributed by atoms with E-state index in [9.17, 15) is 19.7 Å². The normalized spacial score (nSPS) is 10.1. The number of nitrogens with one attached hydrogen (secondary N) is 1. The summed E-state index contributed by atoms with van der Waals surface area (Å²) in [5, 5.41) is 13.6. The number of amides is 1. The molecule has 0 heterocycles. The van der Waals surface area contributed by atoms with Gasteiger partial charge < -0.3 is 10.1 Å². The third-order valence-electron chi connectivity index (χ3n) is 3.58. The van der Waals surface area contributed by atoms with Crippen LogP contribution in [0.15, 0.2) is 36.4 Å². The summed E-state index contributed by atoms with van der Waals surface area (Å²) in [7, 11) is 0. The zero-order chi connectivity index (χ0) is 17.7. The molecule has 0 spiro atoms. The van der Waals surface area contributed by atoms with Crippen molar-refractivity contribution in [2.75, 3.05) is 11.9 Å². The van der Waals surface area contributed by atoms with Crippen molar-refractivity contribution >= 4 is 23.6 Å². The number of rotatable bonds is 6. The number of aldehydes is 1. The molecule has 7 heteroatoms. The Bertz CT molecular complexity index is 802. The summed E-state index contributed by atoms with van der Waals surface area (Å²) in [5.41, 5.74) is 1.73. The molecule has 0 radical (unpaired) electrons. The molecule has 0 aliphatic carbocycles. The molecule has 0 aliphatic rings. The molecule has 0 aliphatic heterocycles. The second kappa shape index (κ2) is 7.36. The van der Waals surface area contributed by atoms with E-state index in [0.717, 1.165) is 5.56 Å². The van der Waals surface area contributed by atoms with E-state index in [0.29, 0.717) is 17.4 Å². The number of hydrogen-bond donors (Lipinski definition) is 1. The highest BCUT2D eigenvalue weighted by Crippen LogP contribution is 2.30. The fourth-order valence-electron chi connectivity index (χ4n) is 2.14. The van der Waals surface area contributed by atoms with E-state index < -0.39 is 10.8 Å². The summed E-state index contributed by atoms with van der Waals surface area (Å²) < 4.78 is 5.32. The molecule has 0 saturated carbocycles. The topological polar surface area (TPSA) is 98.5 Å². The number of carbonyl (C=O) groups excluding carboxylic acids is 2. The Hall–Kier alpha value is -3.22. The monoisotopic (exact) mass is 328 g/mol. The number of nitrogens with zero attached hydrogens (tertiary/aromatic N) is 1. The zero-order valence-electron chi connectivity index (χ0n) is 13.2. The lowest BCUT2D eigenvalue weighted by Gasteiger charge is -2.12. The number of aryl methyl sites for hydroxylation is 1. The number of anilines is 1. The van der Waals surface area contributed by atoms with E-state index in [1.165, 1.54) is 6.07 Å². The molecule has 0 aromatic heterocycles. The molecule has 124 valence electrons. The standard InChI is InChI=1S/C17H16N2O5/c1-11-7-8-14(19(22)23)17(12(11)2)18-16(21)10-24-15-6-4-3-5-13(15)9-20/h3-9H,10H2,1-2H3,(H,18,21). The third kappa shape index (κ3) is 3.75. The predicted molar refractivity (Wildman–Crippen MR) is 88.5 cm³/mol. The van der Waals surface area contributed by atoms with Crippen LogP contribution in [0.5, 0.6) is 5.75 Å². The average Bonchev–Trinajstić information content (AvgIpc) is 2.57. The van der Waals surface area contributed by atoms with Gasteiger partial charge in [-0.3, -0.25) is 19.7 Å². The van der Waals surface area contributed by atoms with E-state index in [1.807, 2.05) is 0 Å². The Kier molecular flexibility index (Phi) is 5.26. The number of carbonyl (C=O) groups is 2. The Morgan fingerprint density at radius 2 is 1.96 bits per heavy atom. The molecule has 0 fully saturated rings. The molecule has 1 N–H and O–H groups in total. The van der Waals surface area contributed by atoms with Crippen molar-refractivity contribution in [1.82, 2.24) is 0 Å². The van der Waals surface area contributed by atoms with Crippen molar-refractivity contribution < 1.29 is 19.2 Å². The van der Waals surface area contributed by atoms with Gasteiger partial charge in [0.15, 0.2) is 12.9 Å². The van der Waals surface area contributed by atoms with E-state index in [1.54, 1.807) is 44.2 Å². The van der Waals surface area contributed by atoms with Crippen LogP contribution in [0.3, 0.4) is 0 Å². The molecular formula is C17H16N2O5. The molecule has 7 nitrogen and oxygen atoms in total. The van der Waals surface area contributed by atoms with Gasteiger partial charge in [0, 0.05) is 6.07 Å². The number of benzene rings is 2. The zero-order valence-corrected chi connectivity index (χ0v) is 13.2. The summed E-state index contributed by atoms with van der Waals surface area (Å²) in [4.78, 5) is 33.5. The van der Waals surface area contributed by atoms with Gasteiger partial charge in [-0.2, -0.15) is 0 Å². The van der Waals surface area contributed by atoms with Gasteiger partial charge in [0.25, 0.3) is 11.6 Å². The van der Waals surface area contributed by atoms with Crippen LogP contribution >= 0.6 is 0 Å². The predicted octanol–water partition coefficient (Wildman–Crippen LogP) is 3.04. The van der Waals surface area contributed by atoms with Crippen LogP contribution in [0.2, 0.25) is 0 Å². The largest absolute Gasteiger partial charge is 0.483 e. The summed E-state index contributed by atoms with van der Waals surface area (Å²) in [5.74, 6) is -0.273.